The van der Waals surface area contributed by atoms with Gasteiger partial charge in [0, 0.05) is 27.7 Å². The predicted octanol–water partition coefficient (Wildman–Crippen LogP) is 4.63. The molecule has 0 bridgehead atoms. The molecule has 1 amide bonds. The Balaban J connectivity index is 2.70. The minimum absolute atomic E-state index is 0.0498. The van der Waals surface area contributed by atoms with Crippen molar-refractivity contribution >= 4 is 51.8 Å². The van der Waals surface area contributed by atoms with Crippen LogP contribution in [0, 0.1) is 15.2 Å². The first-order valence-corrected chi connectivity index (χ1v) is 8.04. The Kier molecular flexibility index (Phi) is 5.76. The normalized spacial score (nSPS) is 10.4. The summed E-state index contributed by atoms with van der Waals surface area (Å²) < 4.78 is 32.7. The van der Waals surface area contributed by atoms with E-state index in [0.717, 1.165) is 6.07 Å². The molecule has 1 N–H and O–H groups in total. The molecule has 24 heavy (non-hydrogen) atoms. The van der Waals surface area contributed by atoms with Crippen LogP contribution in [0.5, 0.6) is 0 Å². The summed E-state index contributed by atoms with van der Waals surface area (Å²) in [7, 11) is 1.21. The van der Waals surface area contributed by atoms with E-state index < -0.39 is 23.5 Å². The van der Waals surface area contributed by atoms with Gasteiger partial charge in [0.05, 0.1) is 23.4 Å². The number of carbonyl (C=O) groups excluding carboxylic acids is 2. The van der Waals surface area contributed by atoms with Gasteiger partial charge in [0.2, 0.25) is 5.91 Å². The van der Waals surface area contributed by atoms with Gasteiger partial charge in [-0.3, -0.25) is 4.79 Å². The lowest BCUT2D eigenvalue weighted by Gasteiger charge is -2.14. The number of rotatable bonds is 3. The fourth-order valence-electron chi connectivity index (χ4n) is 2.08. The van der Waals surface area contributed by atoms with E-state index >= 15 is 0 Å². The number of esters is 1. The first kappa shape index (κ1) is 18.6. The van der Waals surface area contributed by atoms with E-state index in [1.807, 2.05) is 22.6 Å². The van der Waals surface area contributed by atoms with Crippen LogP contribution in [0.2, 0.25) is 5.02 Å². The van der Waals surface area contributed by atoms with Gasteiger partial charge in [-0.1, -0.05) is 11.6 Å². The maximum Gasteiger partial charge on any atom is 0.340 e. The van der Waals surface area contributed by atoms with Crippen molar-refractivity contribution in [1.29, 1.82) is 0 Å². The minimum Gasteiger partial charge on any atom is -0.465 e. The first-order valence-electron chi connectivity index (χ1n) is 6.59. The Bertz CT molecular complexity index is 843. The number of benzene rings is 2. The van der Waals surface area contributed by atoms with Crippen LogP contribution in [0.25, 0.3) is 11.1 Å². The Morgan fingerprint density at radius 1 is 1.12 bits per heavy atom. The molecule has 2 aromatic carbocycles. The zero-order chi connectivity index (χ0) is 18.0. The predicted molar refractivity (Wildman–Crippen MR) is 95.2 cm³/mol. The van der Waals surface area contributed by atoms with Crippen molar-refractivity contribution in [3.05, 3.63) is 50.1 Å². The third-order valence-corrected chi connectivity index (χ3v) is 4.31. The summed E-state index contributed by atoms with van der Waals surface area (Å²) in [6, 6.07) is 4.70. The maximum absolute atomic E-state index is 14.1. The maximum atomic E-state index is 14.1. The van der Waals surface area contributed by atoms with E-state index in [-0.39, 0.29) is 21.8 Å². The van der Waals surface area contributed by atoms with Gasteiger partial charge < -0.3 is 10.1 Å². The van der Waals surface area contributed by atoms with Gasteiger partial charge >= 0.3 is 5.97 Å². The lowest BCUT2D eigenvalue weighted by atomic mass is 10.0. The third kappa shape index (κ3) is 3.84. The summed E-state index contributed by atoms with van der Waals surface area (Å²) in [5, 5.41) is 2.26. The van der Waals surface area contributed by atoms with Gasteiger partial charge in [0.1, 0.15) is 11.6 Å². The second-order valence-electron chi connectivity index (χ2n) is 4.80. The number of hydrogen-bond acceptors (Lipinski definition) is 3. The molecule has 2 aromatic rings. The Morgan fingerprint density at radius 3 is 2.38 bits per heavy atom. The second kappa shape index (κ2) is 7.43. The van der Waals surface area contributed by atoms with Gasteiger partial charge in [-0.2, -0.15) is 0 Å². The monoisotopic (exact) mass is 465 g/mol. The van der Waals surface area contributed by atoms with Crippen LogP contribution in [0.3, 0.4) is 0 Å². The Labute approximate surface area is 155 Å². The van der Waals surface area contributed by atoms with Gasteiger partial charge in [0.15, 0.2) is 0 Å². The number of ether oxygens (including phenoxy) is 1. The third-order valence-electron chi connectivity index (χ3n) is 3.12. The smallest absolute Gasteiger partial charge is 0.340 e. The van der Waals surface area contributed by atoms with E-state index in [1.165, 1.54) is 26.2 Å². The summed E-state index contributed by atoms with van der Waals surface area (Å²) in [5.74, 6) is -2.75. The molecule has 0 aliphatic rings. The average molecular weight is 466 g/mol. The van der Waals surface area contributed by atoms with Crippen LogP contribution < -0.4 is 5.32 Å². The zero-order valence-electron chi connectivity index (χ0n) is 12.5. The topological polar surface area (TPSA) is 55.4 Å². The molecule has 4 nitrogen and oxygen atoms in total. The number of halogens is 4. The Hall–Kier alpha value is -1.74. The highest BCUT2D eigenvalue weighted by Crippen LogP contribution is 2.35. The molecule has 0 radical (unpaired) electrons. The molecule has 0 aliphatic carbocycles. The summed E-state index contributed by atoms with van der Waals surface area (Å²) in [5.41, 5.74) is 0.680. The average Bonchev–Trinajstić information content (AvgIpc) is 2.51. The van der Waals surface area contributed by atoms with Crippen LogP contribution in [0.1, 0.15) is 17.3 Å². The van der Waals surface area contributed by atoms with Crippen molar-refractivity contribution in [2.24, 2.45) is 0 Å². The van der Waals surface area contributed by atoms with Crippen molar-refractivity contribution < 1.29 is 23.1 Å². The molecule has 2 rings (SSSR count). The number of methoxy groups -OCH3 is 1. The number of nitrogens with one attached hydrogen (secondary N) is 1. The fourth-order valence-corrected chi connectivity index (χ4v) is 3.00. The highest BCUT2D eigenvalue weighted by Gasteiger charge is 2.19. The van der Waals surface area contributed by atoms with Gasteiger partial charge in [0.25, 0.3) is 0 Å². The molecule has 0 aliphatic heterocycles. The number of anilines is 1. The molecule has 8 heteroatoms. The highest BCUT2D eigenvalue weighted by molar-refractivity contribution is 14.1. The zero-order valence-corrected chi connectivity index (χ0v) is 15.5. The van der Waals surface area contributed by atoms with Gasteiger partial charge in [-0.25, -0.2) is 13.6 Å². The van der Waals surface area contributed by atoms with Crippen LogP contribution >= 0.6 is 34.2 Å². The van der Waals surface area contributed by atoms with Gasteiger partial charge in [-0.05, 0) is 40.8 Å². The molecule has 0 atom stereocenters. The lowest BCUT2D eigenvalue weighted by Crippen LogP contribution is -2.13. The van der Waals surface area contributed by atoms with Crippen molar-refractivity contribution in [2.45, 2.75) is 6.92 Å². The molecule has 0 aromatic heterocycles. The van der Waals surface area contributed by atoms with E-state index in [9.17, 15) is 18.4 Å². The van der Waals surface area contributed by atoms with Gasteiger partial charge in [-0.15, -0.1) is 0 Å². The van der Waals surface area contributed by atoms with E-state index in [4.69, 9.17) is 11.6 Å². The summed E-state index contributed by atoms with van der Waals surface area (Å²) in [6.07, 6.45) is 0. The van der Waals surface area contributed by atoms with Crippen LogP contribution in [-0.2, 0) is 9.53 Å². The number of amides is 1. The van der Waals surface area contributed by atoms with E-state index in [1.54, 1.807) is 0 Å². The molecule has 0 saturated carbocycles. The Morgan fingerprint density at radius 2 is 1.79 bits per heavy atom. The fraction of sp³-hybridized carbons (Fsp3) is 0.125. The van der Waals surface area contributed by atoms with Crippen molar-refractivity contribution in [1.82, 2.24) is 0 Å². The molecule has 0 spiro atoms. The van der Waals surface area contributed by atoms with Crippen molar-refractivity contribution in [3.8, 4) is 11.1 Å². The number of hydrogen-bond donors (Lipinski definition) is 1. The van der Waals surface area contributed by atoms with Crippen LogP contribution in [-0.4, -0.2) is 19.0 Å². The van der Waals surface area contributed by atoms with Crippen LogP contribution in [0.4, 0.5) is 14.5 Å². The summed E-state index contributed by atoms with van der Waals surface area (Å²) >= 11 is 7.63. The largest absolute Gasteiger partial charge is 0.465 e. The molecular formula is C16H11ClF2INO3. The molecule has 126 valence electrons. The van der Waals surface area contributed by atoms with E-state index in [0.29, 0.717) is 15.2 Å². The van der Waals surface area contributed by atoms with Crippen LogP contribution in [0.15, 0.2) is 24.3 Å². The molecule has 0 unspecified atom stereocenters. The highest BCUT2D eigenvalue weighted by atomic mass is 127. The standard InChI is InChI=1S/C16H11ClF2INO3/c1-7(22)21-15-5-9(14(20)4-10(15)16(23)24-2)8-3-11(17)13(19)6-12(8)18/h3-6H,1-2H3,(H,21,22). The summed E-state index contributed by atoms with van der Waals surface area (Å²) in [6.45, 7) is 1.27. The first-order chi connectivity index (χ1) is 11.2. The molecular weight excluding hydrogens is 455 g/mol. The second-order valence-corrected chi connectivity index (χ2v) is 6.37. The SMILES string of the molecule is COC(=O)c1cc(I)c(-c2cc(Cl)c(F)cc2F)cc1NC(C)=O. The summed E-state index contributed by atoms with van der Waals surface area (Å²) in [4.78, 5) is 23.2. The minimum atomic E-state index is -0.874. The number of carbonyl (C=O) groups is 2. The van der Waals surface area contributed by atoms with Crippen molar-refractivity contribution in [3.63, 3.8) is 0 Å². The molecule has 0 saturated heterocycles. The lowest BCUT2D eigenvalue weighted by molar-refractivity contribution is -0.114. The quantitative estimate of drug-likeness (QED) is 0.408. The molecule has 0 heterocycles. The molecule has 0 fully saturated rings. The van der Waals surface area contributed by atoms with Crippen molar-refractivity contribution in [2.75, 3.05) is 12.4 Å². The van der Waals surface area contributed by atoms with E-state index in [2.05, 4.69) is 10.1 Å².